The first kappa shape index (κ1) is 58.9. The van der Waals surface area contributed by atoms with Gasteiger partial charge in [0, 0.05) is 11.6 Å². The number of allylic oxidation sites excluding steroid dienone is 1. The van der Waals surface area contributed by atoms with Gasteiger partial charge in [-0.1, -0.05) is 153 Å². The number of amides is 8. The lowest BCUT2D eigenvalue weighted by Crippen LogP contribution is -2.40. The third-order valence-corrected chi connectivity index (χ3v) is 12.6. The second-order valence-corrected chi connectivity index (χ2v) is 17.9. The molecular weight excluding hydrogens is 1030 g/mol. The highest BCUT2D eigenvalue weighted by atomic mass is 19.4. The monoisotopic (exact) mass is 1080 g/mol. The summed E-state index contributed by atoms with van der Waals surface area (Å²) < 4.78 is 58.0. The van der Waals surface area contributed by atoms with Crippen LogP contribution >= 0.6 is 0 Å². The van der Waals surface area contributed by atoms with E-state index in [0.717, 1.165) is 67.3 Å². The van der Waals surface area contributed by atoms with Gasteiger partial charge in [-0.15, -0.1) is 0 Å². The first-order valence-corrected chi connectivity index (χ1v) is 24.8. The molecule has 8 amide bonds. The van der Waals surface area contributed by atoms with Crippen LogP contribution in [0.1, 0.15) is 53.3 Å². The maximum absolute atomic E-state index is 12.8. The van der Waals surface area contributed by atoms with Crippen LogP contribution in [0.2, 0.25) is 0 Å². The number of nitrogens with zero attached hydrogens (tertiary/aromatic N) is 4. The Kier molecular flexibility index (Phi) is 21.0. The number of imide groups is 4. The molecule has 4 aliphatic rings. The van der Waals surface area contributed by atoms with Crippen molar-refractivity contribution in [2.24, 2.45) is 0 Å². The van der Waals surface area contributed by atoms with E-state index in [2.05, 4.69) is 13.2 Å². The summed E-state index contributed by atoms with van der Waals surface area (Å²) in [5.41, 5.74) is 3.94. The maximum atomic E-state index is 12.8. The molecule has 4 aliphatic heterocycles. The summed E-state index contributed by atoms with van der Waals surface area (Å²) in [6.07, 6.45) is 0.977. The van der Waals surface area contributed by atoms with Crippen molar-refractivity contribution in [3.8, 4) is 0 Å². The summed E-state index contributed by atoms with van der Waals surface area (Å²) in [5, 5.41) is 0. The maximum Gasteiger partial charge on any atom is 0.417 e. The molecule has 0 aromatic heterocycles. The SMILES string of the molecule is C/C=C(\C)C(=O)N1C(=O)OC[C@@H]1Cc1ccccc1.C=CC(=O)N1C(=O)OC[C@@H]1Cc1ccccc1.C=CC(=O)N1C(=O)OC[C@@H]1c1ccccc1.O=C(/C=C/c1cccc(C(F)(F)F)c1)N1C(=O)OC[C@@H]1Cc1ccccc1. The predicted molar refractivity (Wildman–Crippen MR) is 284 cm³/mol. The number of carbonyl (C=O) groups excluding carboxylic acids is 8. The fraction of sp³-hybridized carbons (Fsp3) is 0.233. The smallest absolute Gasteiger partial charge is 0.417 e. The van der Waals surface area contributed by atoms with Gasteiger partial charge in [-0.05, 0) is 91.3 Å². The largest absolute Gasteiger partial charge is 0.447 e. The van der Waals surface area contributed by atoms with E-state index in [-0.39, 0.29) is 56.0 Å². The van der Waals surface area contributed by atoms with Crippen LogP contribution in [0.4, 0.5) is 32.3 Å². The van der Waals surface area contributed by atoms with Gasteiger partial charge in [0.2, 0.25) is 0 Å². The van der Waals surface area contributed by atoms with Gasteiger partial charge in [0.05, 0.1) is 23.7 Å². The highest BCUT2D eigenvalue weighted by molar-refractivity contribution is 6.03. The number of hydrogen-bond donors (Lipinski definition) is 0. The number of carbonyl (C=O) groups is 8. The van der Waals surface area contributed by atoms with E-state index in [1.165, 1.54) is 23.1 Å². The Hall–Kier alpha value is -9.39. The molecule has 5 aromatic carbocycles. The molecule has 4 fully saturated rings. The quantitative estimate of drug-likeness (QED) is 0.0851. The third kappa shape index (κ3) is 16.1. The van der Waals surface area contributed by atoms with Crippen molar-refractivity contribution in [3.63, 3.8) is 0 Å². The molecule has 9 rings (SSSR count). The summed E-state index contributed by atoms with van der Waals surface area (Å²) in [6.45, 7) is 11.0. The second kappa shape index (κ2) is 28.1. The van der Waals surface area contributed by atoms with Gasteiger partial charge in [0.15, 0.2) is 0 Å². The van der Waals surface area contributed by atoms with Gasteiger partial charge in [-0.3, -0.25) is 19.2 Å². The molecule has 4 saturated heterocycles. The van der Waals surface area contributed by atoms with Crippen molar-refractivity contribution in [2.45, 2.75) is 63.5 Å². The molecule has 0 aliphatic carbocycles. The number of rotatable bonds is 12. The van der Waals surface area contributed by atoms with Gasteiger partial charge < -0.3 is 18.9 Å². The molecule has 0 radical (unpaired) electrons. The standard InChI is InChI=1S/C20H16F3NO3.C15H17NO3.C13H13NO3.C12H11NO3/c21-20(22,23)16-8-4-7-15(11-16)9-10-18(25)24-17(13-27-19(24)26)12-14-5-2-1-3-6-14;1-3-11(2)14(17)16-13(10-19-15(16)18)9-12-7-5-4-6-8-12;1-2-12(15)14-11(9-17-13(14)16)8-10-6-4-3-5-7-10;1-2-11(14)13-10(8-16-12(13)15)9-6-4-3-5-7-9/h1-11,17H,12-13H2;3-8,13H,9-10H2,1-2H3;2-7,11H,1,8-9H2;2-7,10H,1,8H2/b10-9+;11-3+;;/t17-;13-;11-;10-/m0001/s1. The van der Waals surface area contributed by atoms with Crippen molar-refractivity contribution >= 4 is 54.1 Å². The lowest BCUT2D eigenvalue weighted by molar-refractivity contribution is -0.137. The molecule has 0 unspecified atom stereocenters. The summed E-state index contributed by atoms with van der Waals surface area (Å²) in [6, 6.07) is 41.4. The molecule has 0 bridgehead atoms. The Bertz CT molecular complexity index is 3050. The van der Waals surface area contributed by atoms with E-state index in [4.69, 9.17) is 18.9 Å². The number of hydrogen-bond acceptors (Lipinski definition) is 12. The number of ether oxygens (including phenoxy) is 4. The molecular formula is C60H57F3N4O12. The molecule has 79 heavy (non-hydrogen) atoms. The normalized spacial score (nSPS) is 18.6. The first-order valence-electron chi connectivity index (χ1n) is 24.8. The van der Waals surface area contributed by atoms with E-state index < -0.39 is 59.9 Å². The van der Waals surface area contributed by atoms with Crippen LogP contribution in [0.5, 0.6) is 0 Å². The number of alkyl halides is 3. The van der Waals surface area contributed by atoms with Crippen LogP contribution in [0, 0.1) is 0 Å². The average Bonchev–Trinajstić information content (AvgIpc) is 4.30. The summed E-state index contributed by atoms with van der Waals surface area (Å²) in [5.74, 6) is -1.74. The molecule has 0 N–H and O–H groups in total. The van der Waals surface area contributed by atoms with Crippen LogP contribution in [-0.4, -0.2) is 112 Å². The van der Waals surface area contributed by atoms with Crippen molar-refractivity contribution in [3.05, 3.63) is 222 Å². The minimum Gasteiger partial charge on any atom is -0.447 e. The predicted octanol–water partition coefficient (Wildman–Crippen LogP) is 10.5. The van der Waals surface area contributed by atoms with Gasteiger partial charge in [0.1, 0.15) is 32.5 Å². The number of halogens is 3. The van der Waals surface area contributed by atoms with Crippen LogP contribution in [-0.2, 0) is 63.6 Å². The zero-order valence-corrected chi connectivity index (χ0v) is 43.2. The minimum atomic E-state index is -4.46. The molecule has 5 aromatic rings. The van der Waals surface area contributed by atoms with E-state index >= 15 is 0 Å². The Morgan fingerprint density at radius 3 is 1.37 bits per heavy atom. The van der Waals surface area contributed by atoms with Gasteiger partial charge in [-0.2, -0.15) is 13.2 Å². The fourth-order valence-electron chi connectivity index (χ4n) is 8.44. The molecule has 0 saturated carbocycles. The van der Waals surface area contributed by atoms with Crippen LogP contribution < -0.4 is 0 Å². The summed E-state index contributed by atoms with van der Waals surface area (Å²) >= 11 is 0. The van der Waals surface area contributed by atoms with Crippen molar-refractivity contribution in [1.82, 2.24) is 19.6 Å². The van der Waals surface area contributed by atoms with E-state index in [9.17, 15) is 51.5 Å². The second-order valence-electron chi connectivity index (χ2n) is 17.9. The van der Waals surface area contributed by atoms with Crippen molar-refractivity contribution in [2.75, 3.05) is 26.4 Å². The topological polar surface area (TPSA) is 186 Å². The Morgan fingerprint density at radius 2 is 0.924 bits per heavy atom. The Balaban J connectivity index is 0.000000174. The minimum absolute atomic E-state index is 0.0802. The number of cyclic esters (lactones) is 4. The lowest BCUT2D eigenvalue weighted by Gasteiger charge is -2.19. The molecule has 19 heteroatoms. The average molecular weight is 1080 g/mol. The fourth-order valence-corrected chi connectivity index (χ4v) is 8.44. The van der Waals surface area contributed by atoms with Gasteiger partial charge in [0.25, 0.3) is 23.6 Å². The molecule has 4 heterocycles. The van der Waals surface area contributed by atoms with Crippen molar-refractivity contribution < 1.29 is 70.5 Å². The molecule has 4 atom stereocenters. The first-order chi connectivity index (χ1) is 37.9. The van der Waals surface area contributed by atoms with Crippen molar-refractivity contribution in [1.29, 1.82) is 0 Å². The zero-order valence-electron chi connectivity index (χ0n) is 43.2. The lowest BCUT2D eigenvalue weighted by atomic mass is 10.1. The molecule has 16 nitrogen and oxygen atoms in total. The van der Waals surface area contributed by atoms with Crippen LogP contribution in [0.25, 0.3) is 6.08 Å². The summed E-state index contributed by atoms with van der Waals surface area (Å²) in [7, 11) is 0. The highest BCUT2D eigenvalue weighted by Crippen LogP contribution is 2.31. The van der Waals surface area contributed by atoms with E-state index in [1.54, 1.807) is 19.9 Å². The van der Waals surface area contributed by atoms with E-state index in [0.29, 0.717) is 24.8 Å². The Labute approximate surface area is 454 Å². The molecule has 410 valence electrons. The van der Waals surface area contributed by atoms with Crippen LogP contribution in [0.15, 0.2) is 189 Å². The Morgan fingerprint density at radius 1 is 0.532 bits per heavy atom. The van der Waals surface area contributed by atoms with Gasteiger partial charge >= 0.3 is 30.5 Å². The highest BCUT2D eigenvalue weighted by Gasteiger charge is 2.40. The molecule has 0 spiro atoms. The van der Waals surface area contributed by atoms with E-state index in [1.807, 2.05) is 121 Å². The summed E-state index contributed by atoms with van der Waals surface area (Å²) in [4.78, 5) is 98.5. The van der Waals surface area contributed by atoms with Gasteiger partial charge in [-0.25, -0.2) is 38.8 Å². The number of benzene rings is 5. The van der Waals surface area contributed by atoms with Crippen LogP contribution in [0.3, 0.4) is 0 Å². The third-order valence-electron chi connectivity index (χ3n) is 12.6. The zero-order chi connectivity index (χ0) is 57.1.